The van der Waals surface area contributed by atoms with Crippen molar-refractivity contribution >= 4 is 24.1 Å². The highest BCUT2D eigenvalue weighted by Crippen LogP contribution is 2.09. The summed E-state index contributed by atoms with van der Waals surface area (Å²) in [7, 11) is 0. The molecule has 1 heterocycles. The largest absolute Gasteiger partial charge is 0.327 e. The van der Waals surface area contributed by atoms with Crippen molar-refractivity contribution in [2.75, 3.05) is 6.54 Å². The molecular formula is C13H17ClN6O2. The Morgan fingerprint density at radius 1 is 1.27 bits per heavy atom. The van der Waals surface area contributed by atoms with Gasteiger partial charge in [-0.2, -0.15) is 0 Å². The molecule has 1 aromatic heterocycles. The molecule has 0 aliphatic heterocycles. The van der Waals surface area contributed by atoms with Crippen LogP contribution in [0.15, 0.2) is 36.7 Å². The lowest BCUT2D eigenvalue weighted by Crippen LogP contribution is -2.41. The Labute approximate surface area is 133 Å². The Bertz CT molecular complexity index is 590. The fraction of sp³-hybridized carbons (Fsp3) is 0.308. The topological polar surface area (TPSA) is 116 Å². The monoisotopic (exact) mass is 324 g/mol. The maximum absolute atomic E-state index is 12.3. The van der Waals surface area contributed by atoms with Crippen LogP contribution in [-0.2, 0) is 16.0 Å². The fourth-order valence-electron chi connectivity index (χ4n) is 1.84. The number of tetrazole rings is 1. The van der Waals surface area contributed by atoms with E-state index in [2.05, 4.69) is 20.8 Å². The predicted octanol–water partition coefficient (Wildman–Crippen LogP) is -0.130. The summed E-state index contributed by atoms with van der Waals surface area (Å²) >= 11 is 0. The van der Waals surface area contributed by atoms with Crippen molar-refractivity contribution in [2.45, 2.75) is 19.0 Å². The van der Waals surface area contributed by atoms with Crippen LogP contribution in [0.25, 0.3) is 0 Å². The Balaban J connectivity index is 0.00000242. The number of amides is 1. The molecule has 2 rings (SSSR count). The van der Waals surface area contributed by atoms with Crippen LogP contribution in [-0.4, -0.2) is 38.4 Å². The van der Waals surface area contributed by atoms with E-state index in [9.17, 15) is 9.59 Å². The molecule has 0 saturated heterocycles. The van der Waals surface area contributed by atoms with Gasteiger partial charge < -0.3 is 11.1 Å². The number of ketones is 1. The third-order valence-electron chi connectivity index (χ3n) is 2.92. The number of nitrogens with zero attached hydrogens (tertiary/aromatic N) is 4. The van der Waals surface area contributed by atoms with Crippen molar-refractivity contribution in [2.24, 2.45) is 5.73 Å². The first-order valence-electron chi connectivity index (χ1n) is 6.49. The van der Waals surface area contributed by atoms with Crippen molar-refractivity contribution in [1.29, 1.82) is 0 Å². The third kappa shape index (κ3) is 4.90. The molecule has 0 radical (unpaired) electrons. The summed E-state index contributed by atoms with van der Waals surface area (Å²) in [5.74, 6) is -0.628. The average molecular weight is 325 g/mol. The molecule has 3 N–H and O–H groups in total. The van der Waals surface area contributed by atoms with E-state index in [0.717, 1.165) is 5.56 Å². The first-order chi connectivity index (χ1) is 10.2. The second-order valence-electron chi connectivity index (χ2n) is 4.42. The van der Waals surface area contributed by atoms with E-state index in [4.69, 9.17) is 5.73 Å². The molecule has 2 aromatic rings. The lowest BCUT2D eigenvalue weighted by atomic mass is 10.1. The highest BCUT2D eigenvalue weighted by Gasteiger charge is 2.22. The third-order valence-corrected chi connectivity index (χ3v) is 2.92. The normalized spacial score (nSPS) is 11.3. The lowest BCUT2D eigenvalue weighted by molar-refractivity contribution is -0.129. The Morgan fingerprint density at radius 3 is 2.59 bits per heavy atom. The number of nitrogens with two attached hydrogens (primary N) is 1. The van der Waals surface area contributed by atoms with E-state index in [1.165, 1.54) is 11.0 Å². The minimum atomic E-state index is -0.931. The lowest BCUT2D eigenvalue weighted by Gasteiger charge is -2.16. The van der Waals surface area contributed by atoms with Gasteiger partial charge in [-0.25, -0.2) is 4.68 Å². The molecule has 9 heteroatoms. The summed E-state index contributed by atoms with van der Waals surface area (Å²) in [6.07, 6.45) is 1.19. The number of carbonyl (C=O) groups excluding carboxylic acids is 2. The minimum absolute atomic E-state index is 0. The molecule has 0 spiro atoms. The zero-order valence-electron chi connectivity index (χ0n) is 11.8. The van der Waals surface area contributed by atoms with Gasteiger partial charge in [0.1, 0.15) is 6.33 Å². The van der Waals surface area contributed by atoms with Gasteiger partial charge in [0.05, 0.1) is 6.54 Å². The molecular weight excluding hydrogens is 308 g/mol. The first kappa shape index (κ1) is 17.7. The van der Waals surface area contributed by atoms with Crippen LogP contribution in [0.5, 0.6) is 0 Å². The predicted molar refractivity (Wildman–Crippen MR) is 81.1 cm³/mol. The Morgan fingerprint density at radius 2 is 2.00 bits per heavy atom. The van der Waals surface area contributed by atoms with E-state index in [1.807, 2.05) is 30.3 Å². The summed E-state index contributed by atoms with van der Waals surface area (Å²) in [5.41, 5.74) is 6.30. The molecule has 22 heavy (non-hydrogen) atoms. The van der Waals surface area contributed by atoms with Crippen LogP contribution < -0.4 is 11.1 Å². The van der Waals surface area contributed by atoms with Crippen molar-refractivity contribution in [3.63, 3.8) is 0 Å². The summed E-state index contributed by atoms with van der Waals surface area (Å²) < 4.78 is 1.21. The summed E-state index contributed by atoms with van der Waals surface area (Å²) in [4.78, 5) is 23.7. The molecule has 0 fully saturated rings. The SMILES string of the molecule is Cl.NCC(=O)NC(C(=O)CCc1ccccc1)n1cnnn1. The van der Waals surface area contributed by atoms with Gasteiger partial charge in [-0.15, -0.1) is 17.5 Å². The molecule has 0 aliphatic carbocycles. The van der Waals surface area contributed by atoms with Gasteiger partial charge in [-0.3, -0.25) is 9.59 Å². The second kappa shape index (κ2) is 8.85. The highest BCUT2D eigenvalue weighted by molar-refractivity contribution is 5.88. The van der Waals surface area contributed by atoms with Gasteiger partial charge in [0, 0.05) is 6.42 Å². The number of carbonyl (C=O) groups is 2. The van der Waals surface area contributed by atoms with Gasteiger partial charge in [-0.1, -0.05) is 30.3 Å². The summed E-state index contributed by atoms with van der Waals surface area (Å²) in [6, 6.07) is 9.62. The van der Waals surface area contributed by atoms with Gasteiger partial charge in [0.15, 0.2) is 11.9 Å². The quantitative estimate of drug-likeness (QED) is 0.733. The number of halogens is 1. The molecule has 1 amide bonds. The zero-order chi connectivity index (χ0) is 15.1. The molecule has 0 aliphatic rings. The number of hydrogen-bond donors (Lipinski definition) is 2. The highest BCUT2D eigenvalue weighted by atomic mass is 35.5. The number of nitrogens with one attached hydrogen (secondary N) is 1. The van der Waals surface area contributed by atoms with Crippen LogP contribution in [0.3, 0.4) is 0 Å². The molecule has 8 nitrogen and oxygen atoms in total. The van der Waals surface area contributed by atoms with E-state index in [-0.39, 0.29) is 31.2 Å². The standard InChI is InChI=1S/C13H16N6O2.ClH/c14-8-12(21)16-13(19-9-15-17-18-19)11(20)7-6-10-4-2-1-3-5-10;/h1-5,9,13H,6-8,14H2,(H,16,21);1H. The van der Waals surface area contributed by atoms with Crippen LogP contribution >= 0.6 is 12.4 Å². The van der Waals surface area contributed by atoms with Gasteiger partial charge in [-0.05, 0) is 22.4 Å². The maximum Gasteiger partial charge on any atom is 0.235 e. The van der Waals surface area contributed by atoms with Crippen molar-refractivity contribution < 1.29 is 9.59 Å². The smallest absolute Gasteiger partial charge is 0.235 e. The van der Waals surface area contributed by atoms with Crippen molar-refractivity contribution in [1.82, 2.24) is 25.5 Å². The maximum atomic E-state index is 12.3. The van der Waals surface area contributed by atoms with E-state index >= 15 is 0 Å². The molecule has 1 unspecified atom stereocenters. The second-order valence-corrected chi connectivity index (χ2v) is 4.42. The van der Waals surface area contributed by atoms with Crippen LogP contribution in [0, 0.1) is 0 Å². The summed E-state index contributed by atoms with van der Waals surface area (Å²) in [5, 5.41) is 13.1. The van der Waals surface area contributed by atoms with Crippen LogP contribution in [0.2, 0.25) is 0 Å². The zero-order valence-corrected chi connectivity index (χ0v) is 12.6. The molecule has 1 atom stereocenters. The number of hydrogen-bond acceptors (Lipinski definition) is 6. The number of aromatic nitrogens is 4. The fourth-order valence-corrected chi connectivity index (χ4v) is 1.84. The first-order valence-corrected chi connectivity index (χ1v) is 6.49. The number of benzene rings is 1. The summed E-state index contributed by atoms with van der Waals surface area (Å²) in [6.45, 7) is -0.204. The number of Topliss-reactive ketones (excluding diaryl/α,β-unsaturated/α-hetero) is 1. The Kier molecular flexibility index (Phi) is 7.14. The Hall–Kier alpha value is -2.32. The van der Waals surface area contributed by atoms with E-state index in [1.54, 1.807) is 0 Å². The van der Waals surface area contributed by atoms with Gasteiger partial charge in [0.2, 0.25) is 5.91 Å². The molecule has 118 valence electrons. The average Bonchev–Trinajstić information content (AvgIpc) is 3.05. The minimum Gasteiger partial charge on any atom is -0.327 e. The van der Waals surface area contributed by atoms with Gasteiger partial charge >= 0.3 is 0 Å². The van der Waals surface area contributed by atoms with Gasteiger partial charge in [0.25, 0.3) is 0 Å². The number of aryl methyl sites for hydroxylation is 1. The molecule has 0 saturated carbocycles. The van der Waals surface area contributed by atoms with Crippen LogP contribution in [0.1, 0.15) is 18.2 Å². The van der Waals surface area contributed by atoms with Crippen LogP contribution in [0.4, 0.5) is 0 Å². The molecule has 1 aromatic carbocycles. The van der Waals surface area contributed by atoms with E-state index in [0.29, 0.717) is 6.42 Å². The molecule has 0 bridgehead atoms. The van der Waals surface area contributed by atoms with Crippen molar-refractivity contribution in [3.8, 4) is 0 Å². The van der Waals surface area contributed by atoms with Crippen molar-refractivity contribution in [3.05, 3.63) is 42.2 Å². The van der Waals surface area contributed by atoms with E-state index < -0.39 is 12.1 Å². The number of rotatable bonds is 7.